The Morgan fingerprint density at radius 3 is 2.26 bits per heavy atom. The van der Waals surface area contributed by atoms with Crippen molar-refractivity contribution in [1.82, 2.24) is 9.80 Å². The standard InChI is InChI=1S/C22H27BrN2O2/c1-24(15-17-5-9-21(27-2)10-6-17)22(26)19-11-13-25(14-12-19)16-18-3-7-20(23)8-4-18/h3-10,19H,11-16H2,1-2H3. The molecular weight excluding hydrogens is 404 g/mol. The number of hydrogen-bond donors (Lipinski definition) is 0. The molecule has 4 nitrogen and oxygen atoms in total. The maximum atomic E-state index is 12.8. The van der Waals surface area contributed by atoms with Gasteiger partial charge >= 0.3 is 0 Å². The van der Waals surface area contributed by atoms with Gasteiger partial charge in [0.2, 0.25) is 5.91 Å². The van der Waals surface area contributed by atoms with Crippen LogP contribution in [-0.2, 0) is 17.9 Å². The van der Waals surface area contributed by atoms with Crippen molar-refractivity contribution in [2.24, 2.45) is 5.92 Å². The molecule has 1 fully saturated rings. The Kier molecular flexibility index (Phi) is 6.91. The second-order valence-electron chi connectivity index (χ2n) is 7.22. The third-order valence-corrected chi connectivity index (χ3v) is 5.74. The topological polar surface area (TPSA) is 32.8 Å². The van der Waals surface area contributed by atoms with E-state index in [1.165, 1.54) is 5.56 Å². The second-order valence-corrected chi connectivity index (χ2v) is 8.13. The molecule has 2 aromatic rings. The average Bonchev–Trinajstić information content (AvgIpc) is 2.70. The van der Waals surface area contributed by atoms with Crippen molar-refractivity contribution in [3.63, 3.8) is 0 Å². The SMILES string of the molecule is COc1ccc(CN(C)C(=O)C2CCN(Cc3ccc(Br)cc3)CC2)cc1. The Balaban J connectivity index is 1.47. The van der Waals surface area contributed by atoms with Gasteiger partial charge in [0.25, 0.3) is 0 Å². The van der Waals surface area contributed by atoms with Gasteiger partial charge in [-0.2, -0.15) is 0 Å². The summed E-state index contributed by atoms with van der Waals surface area (Å²) in [7, 11) is 3.56. The van der Waals surface area contributed by atoms with Crippen LogP contribution in [0.25, 0.3) is 0 Å². The molecule has 0 atom stereocenters. The number of piperidine rings is 1. The van der Waals surface area contributed by atoms with E-state index in [1.54, 1.807) is 7.11 Å². The Hall–Kier alpha value is -1.85. The zero-order chi connectivity index (χ0) is 19.2. The molecule has 1 saturated heterocycles. The van der Waals surface area contributed by atoms with Crippen molar-refractivity contribution in [2.45, 2.75) is 25.9 Å². The van der Waals surface area contributed by atoms with E-state index < -0.39 is 0 Å². The third-order valence-electron chi connectivity index (χ3n) is 5.21. The van der Waals surface area contributed by atoms with E-state index in [0.717, 1.165) is 48.3 Å². The van der Waals surface area contributed by atoms with Crippen LogP contribution in [0.2, 0.25) is 0 Å². The summed E-state index contributed by atoms with van der Waals surface area (Å²) in [6.45, 7) is 3.55. The third kappa shape index (κ3) is 5.56. The van der Waals surface area contributed by atoms with Crippen molar-refractivity contribution in [3.05, 3.63) is 64.1 Å². The van der Waals surface area contributed by atoms with Gasteiger partial charge in [0, 0.05) is 30.5 Å². The van der Waals surface area contributed by atoms with Crippen molar-refractivity contribution < 1.29 is 9.53 Å². The van der Waals surface area contributed by atoms with Crippen LogP contribution >= 0.6 is 15.9 Å². The van der Waals surface area contributed by atoms with Gasteiger partial charge < -0.3 is 9.64 Å². The van der Waals surface area contributed by atoms with Crippen molar-refractivity contribution in [3.8, 4) is 5.75 Å². The van der Waals surface area contributed by atoms with Gasteiger partial charge in [-0.05, 0) is 61.3 Å². The Morgan fingerprint density at radius 2 is 1.67 bits per heavy atom. The van der Waals surface area contributed by atoms with Crippen LogP contribution in [0.5, 0.6) is 5.75 Å². The smallest absolute Gasteiger partial charge is 0.225 e. The van der Waals surface area contributed by atoms with E-state index in [2.05, 4.69) is 45.1 Å². The van der Waals surface area contributed by atoms with Crippen molar-refractivity contribution in [1.29, 1.82) is 0 Å². The number of benzene rings is 2. The van der Waals surface area contributed by atoms with E-state index in [9.17, 15) is 4.79 Å². The number of ether oxygens (including phenoxy) is 1. The molecule has 1 amide bonds. The number of halogens is 1. The number of amides is 1. The average molecular weight is 431 g/mol. The van der Waals surface area contributed by atoms with Gasteiger partial charge in [0.15, 0.2) is 0 Å². The van der Waals surface area contributed by atoms with Gasteiger partial charge in [0.05, 0.1) is 7.11 Å². The summed E-state index contributed by atoms with van der Waals surface area (Å²) < 4.78 is 6.29. The number of likely N-dealkylation sites (tertiary alicyclic amines) is 1. The van der Waals surface area contributed by atoms with Crippen LogP contribution in [0.15, 0.2) is 53.0 Å². The fourth-order valence-corrected chi connectivity index (χ4v) is 3.84. The van der Waals surface area contributed by atoms with Gasteiger partial charge in [-0.15, -0.1) is 0 Å². The number of hydrogen-bond acceptors (Lipinski definition) is 3. The predicted molar refractivity (Wildman–Crippen MR) is 112 cm³/mol. The molecule has 0 saturated carbocycles. The number of nitrogens with zero attached hydrogens (tertiary/aromatic N) is 2. The zero-order valence-corrected chi connectivity index (χ0v) is 17.6. The Morgan fingerprint density at radius 1 is 1.07 bits per heavy atom. The molecular formula is C22H27BrN2O2. The van der Waals surface area contributed by atoms with Crippen LogP contribution in [0.1, 0.15) is 24.0 Å². The zero-order valence-electron chi connectivity index (χ0n) is 16.0. The lowest BCUT2D eigenvalue weighted by atomic mass is 9.95. The van der Waals surface area contributed by atoms with Crippen LogP contribution in [0, 0.1) is 5.92 Å². The van der Waals surface area contributed by atoms with Crippen molar-refractivity contribution >= 4 is 21.8 Å². The lowest BCUT2D eigenvalue weighted by Gasteiger charge is -2.33. The minimum absolute atomic E-state index is 0.134. The molecule has 0 aromatic heterocycles. The molecule has 0 aliphatic carbocycles. The molecule has 0 bridgehead atoms. The summed E-state index contributed by atoms with van der Waals surface area (Å²) >= 11 is 3.48. The van der Waals surface area contributed by atoms with E-state index in [0.29, 0.717) is 6.54 Å². The summed E-state index contributed by atoms with van der Waals surface area (Å²) in [5.41, 5.74) is 2.44. The second kappa shape index (κ2) is 9.38. The highest BCUT2D eigenvalue weighted by Gasteiger charge is 2.27. The maximum absolute atomic E-state index is 12.8. The first-order valence-corrected chi connectivity index (χ1v) is 10.2. The normalized spacial score (nSPS) is 15.5. The molecule has 0 unspecified atom stereocenters. The molecule has 1 aliphatic heterocycles. The number of rotatable bonds is 6. The predicted octanol–water partition coefficient (Wildman–Crippen LogP) is 4.33. The Labute approximate surface area is 170 Å². The highest BCUT2D eigenvalue weighted by molar-refractivity contribution is 9.10. The van der Waals surface area contributed by atoms with Gasteiger partial charge in [0.1, 0.15) is 5.75 Å². The fraction of sp³-hybridized carbons (Fsp3) is 0.409. The minimum atomic E-state index is 0.134. The van der Waals surface area contributed by atoms with E-state index >= 15 is 0 Å². The number of carbonyl (C=O) groups excluding carboxylic acids is 1. The fourth-order valence-electron chi connectivity index (χ4n) is 3.58. The highest BCUT2D eigenvalue weighted by Crippen LogP contribution is 2.22. The lowest BCUT2D eigenvalue weighted by molar-refractivity contribution is -0.136. The number of methoxy groups -OCH3 is 1. The van der Waals surface area contributed by atoms with Crippen LogP contribution in [0.3, 0.4) is 0 Å². The molecule has 144 valence electrons. The van der Waals surface area contributed by atoms with Gasteiger partial charge in [-0.1, -0.05) is 40.2 Å². The first-order valence-electron chi connectivity index (χ1n) is 9.40. The highest BCUT2D eigenvalue weighted by atomic mass is 79.9. The molecule has 2 aromatic carbocycles. The summed E-state index contributed by atoms with van der Waals surface area (Å²) in [4.78, 5) is 17.1. The maximum Gasteiger partial charge on any atom is 0.225 e. The monoisotopic (exact) mass is 430 g/mol. The van der Waals surface area contributed by atoms with Crippen LogP contribution < -0.4 is 4.74 Å². The molecule has 27 heavy (non-hydrogen) atoms. The van der Waals surface area contributed by atoms with E-state index in [4.69, 9.17) is 4.74 Å². The van der Waals surface area contributed by atoms with Crippen LogP contribution in [0.4, 0.5) is 0 Å². The molecule has 1 aliphatic rings. The van der Waals surface area contributed by atoms with Gasteiger partial charge in [-0.25, -0.2) is 0 Å². The first kappa shape index (κ1) is 19.9. The number of carbonyl (C=O) groups is 1. The lowest BCUT2D eigenvalue weighted by Crippen LogP contribution is -2.40. The summed E-state index contributed by atoms with van der Waals surface area (Å²) in [6, 6.07) is 16.4. The molecule has 0 radical (unpaired) electrons. The molecule has 3 rings (SSSR count). The molecule has 1 heterocycles. The van der Waals surface area contributed by atoms with Crippen molar-refractivity contribution in [2.75, 3.05) is 27.2 Å². The summed E-state index contributed by atoms with van der Waals surface area (Å²) in [5, 5.41) is 0. The molecule has 5 heteroatoms. The quantitative estimate of drug-likeness (QED) is 0.683. The summed E-state index contributed by atoms with van der Waals surface area (Å²) in [5.74, 6) is 1.23. The largest absolute Gasteiger partial charge is 0.497 e. The Bertz CT molecular complexity index is 738. The van der Waals surface area contributed by atoms with E-state index in [-0.39, 0.29) is 11.8 Å². The summed E-state index contributed by atoms with van der Waals surface area (Å²) in [6.07, 6.45) is 1.87. The van der Waals surface area contributed by atoms with Gasteiger partial charge in [-0.3, -0.25) is 9.69 Å². The minimum Gasteiger partial charge on any atom is -0.497 e. The van der Waals surface area contributed by atoms with Crippen LogP contribution in [-0.4, -0.2) is 43.0 Å². The first-order chi connectivity index (χ1) is 13.0. The van der Waals surface area contributed by atoms with E-state index in [1.807, 2.05) is 36.2 Å². The molecule has 0 spiro atoms. The molecule has 0 N–H and O–H groups in total.